The van der Waals surface area contributed by atoms with E-state index in [0.717, 1.165) is 0 Å². The van der Waals surface area contributed by atoms with Crippen molar-refractivity contribution in [2.45, 2.75) is 19.4 Å². The van der Waals surface area contributed by atoms with Gasteiger partial charge in [-0.2, -0.15) is 5.09 Å². The van der Waals surface area contributed by atoms with E-state index in [4.69, 9.17) is 9.05 Å². The van der Waals surface area contributed by atoms with Crippen LogP contribution in [0.1, 0.15) is 13.8 Å². The molecular formula is C16H17N2O7P. The molecule has 0 saturated carbocycles. The predicted octanol–water partition coefficient (Wildman–Crippen LogP) is 3.61. The summed E-state index contributed by atoms with van der Waals surface area (Å²) in [7, 11) is -4.18. The highest BCUT2D eigenvalue weighted by molar-refractivity contribution is 7.52. The van der Waals surface area contributed by atoms with Gasteiger partial charge >= 0.3 is 13.7 Å². The highest BCUT2D eigenvalue weighted by Crippen LogP contribution is 2.46. The number of carboxylic acids is 1. The summed E-state index contributed by atoms with van der Waals surface area (Å²) >= 11 is 0. The van der Waals surface area contributed by atoms with Gasteiger partial charge in [-0.25, -0.2) is 4.57 Å². The number of carbonyl (C=O) groups is 1. The van der Waals surface area contributed by atoms with Crippen molar-refractivity contribution in [3.63, 3.8) is 0 Å². The van der Waals surface area contributed by atoms with E-state index >= 15 is 0 Å². The number of para-hydroxylation sites is 1. The number of nitrogens with zero attached hydrogens (tertiary/aromatic N) is 1. The molecule has 26 heavy (non-hydrogen) atoms. The van der Waals surface area contributed by atoms with Crippen LogP contribution in [0.4, 0.5) is 5.69 Å². The second-order valence-corrected chi connectivity index (χ2v) is 7.37. The molecular weight excluding hydrogens is 363 g/mol. The van der Waals surface area contributed by atoms with Gasteiger partial charge in [-0.3, -0.25) is 14.9 Å². The van der Waals surface area contributed by atoms with Crippen molar-refractivity contribution in [2.75, 3.05) is 0 Å². The molecule has 1 atom stereocenters. The lowest BCUT2D eigenvalue weighted by atomic mass is 10.1. The van der Waals surface area contributed by atoms with E-state index in [1.807, 2.05) is 0 Å². The molecule has 2 aromatic rings. The minimum atomic E-state index is -4.18. The Kier molecular flexibility index (Phi) is 5.64. The van der Waals surface area contributed by atoms with Crippen LogP contribution in [0.3, 0.4) is 0 Å². The van der Waals surface area contributed by atoms with E-state index in [9.17, 15) is 24.6 Å². The first-order chi connectivity index (χ1) is 12.1. The molecule has 0 saturated heterocycles. The second-order valence-electron chi connectivity index (χ2n) is 5.79. The largest absolute Gasteiger partial charge is 0.513 e. The number of nitrogens with one attached hydrogen (secondary N) is 1. The third-order valence-electron chi connectivity index (χ3n) is 3.19. The van der Waals surface area contributed by atoms with Gasteiger partial charge in [0.15, 0.2) is 0 Å². The Morgan fingerprint density at radius 1 is 1.08 bits per heavy atom. The van der Waals surface area contributed by atoms with E-state index in [2.05, 4.69) is 5.09 Å². The van der Waals surface area contributed by atoms with Gasteiger partial charge in [0.05, 0.1) is 4.92 Å². The zero-order valence-corrected chi connectivity index (χ0v) is 14.9. The first-order valence-corrected chi connectivity index (χ1v) is 8.97. The van der Waals surface area contributed by atoms with Crippen LogP contribution in [-0.4, -0.2) is 21.5 Å². The highest BCUT2D eigenvalue weighted by Gasteiger charge is 2.40. The third kappa shape index (κ3) is 5.05. The normalized spacial score (nSPS) is 13.5. The van der Waals surface area contributed by atoms with Gasteiger partial charge in [0.25, 0.3) is 5.69 Å². The van der Waals surface area contributed by atoms with Crippen molar-refractivity contribution in [1.82, 2.24) is 5.09 Å². The van der Waals surface area contributed by atoms with Crippen molar-refractivity contribution in [2.24, 2.45) is 0 Å². The van der Waals surface area contributed by atoms with Crippen LogP contribution >= 0.6 is 7.75 Å². The van der Waals surface area contributed by atoms with Gasteiger partial charge in [0.2, 0.25) is 0 Å². The molecule has 10 heteroatoms. The summed E-state index contributed by atoms with van der Waals surface area (Å²) in [6.07, 6.45) is 0. The molecule has 0 fully saturated rings. The molecule has 2 rings (SSSR count). The van der Waals surface area contributed by atoms with Gasteiger partial charge < -0.3 is 14.2 Å². The number of nitro benzene ring substituents is 1. The Morgan fingerprint density at radius 2 is 1.58 bits per heavy atom. The van der Waals surface area contributed by atoms with Crippen LogP contribution < -0.4 is 14.1 Å². The maximum Gasteiger partial charge on any atom is 0.513 e. The number of carboxylic acid groups (broad SMARTS) is 1. The van der Waals surface area contributed by atoms with Gasteiger partial charge in [0.1, 0.15) is 17.0 Å². The molecule has 1 unspecified atom stereocenters. The van der Waals surface area contributed by atoms with E-state index in [1.165, 1.54) is 50.2 Å². The molecule has 0 aliphatic heterocycles. The number of non-ortho nitro benzene ring substituents is 1. The van der Waals surface area contributed by atoms with Gasteiger partial charge in [-0.15, -0.1) is 0 Å². The molecule has 0 aliphatic carbocycles. The predicted molar refractivity (Wildman–Crippen MR) is 93.3 cm³/mol. The van der Waals surface area contributed by atoms with Gasteiger partial charge in [-0.05, 0) is 38.1 Å². The molecule has 0 heterocycles. The first kappa shape index (κ1) is 19.4. The number of aliphatic carboxylic acids is 1. The van der Waals surface area contributed by atoms with Crippen molar-refractivity contribution >= 4 is 19.4 Å². The Labute approximate surface area is 149 Å². The number of hydrogen-bond acceptors (Lipinski definition) is 6. The summed E-state index contributed by atoms with van der Waals surface area (Å²) in [4.78, 5) is 21.5. The standard InChI is InChI=1S/C16H17N2O7P/c1-16(2,15(19)20)17-26(23,24-13-6-4-3-5-7-13)25-14-10-8-12(9-11-14)18(21)22/h3-11H,1-2H3,(H,17,23)(H,19,20). The summed E-state index contributed by atoms with van der Waals surface area (Å²) in [5.74, 6) is -1.04. The van der Waals surface area contributed by atoms with Crippen LogP contribution in [0, 0.1) is 10.1 Å². The summed E-state index contributed by atoms with van der Waals surface area (Å²) in [6, 6.07) is 12.9. The number of benzene rings is 2. The van der Waals surface area contributed by atoms with Crippen LogP contribution in [0.15, 0.2) is 54.6 Å². The molecule has 0 aromatic heterocycles. The molecule has 138 valence electrons. The minimum Gasteiger partial charge on any atom is -0.480 e. The lowest BCUT2D eigenvalue weighted by Gasteiger charge is -2.27. The van der Waals surface area contributed by atoms with Gasteiger partial charge in [0, 0.05) is 12.1 Å². The molecule has 2 aromatic carbocycles. The number of hydrogen-bond donors (Lipinski definition) is 2. The minimum absolute atomic E-state index is 0.0172. The maximum absolute atomic E-state index is 13.1. The average molecular weight is 380 g/mol. The summed E-state index contributed by atoms with van der Waals surface area (Å²) in [5, 5.41) is 22.4. The third-order valence-corrected chi connectivity index (χ3v) is 4.93. The van der Waals surface area contributed by atoms with Gasteiger partial charge in [-0.1, -0.05) is 18.2 Å². The molecule has 0 amide bonds. The molecule has 9 nitrogen and oxygen atoms in total. The van der Waals surface area contributed by atoms with Crippen molar-refractivity contribution in [1.29, 1.82) is 0 Å². The maximum atomic E-state index is 13.1. The monoisotopic (exact) mass is 380 g/mol. The second kappa shape index (κ2) is 7.55. The fourth-order valence-corrected chi connectivity index (χ4v) is 3.55. The van der Waals surface area contributed by atoms with E-state index < -0.39 is 24.2 Å². The van der Waals surface area contributed by atoms with Crippen LogP contribution in [0.5, 0.6) is 11.5 Å². The fourth-order valence-electron chi connectivity index (χ4n) is 1.84. The van der Waals surface area contributed by atoms with Crippen LogP contribution in [0.25, 0.3) is 0 Å². The Morgan fingerprint density at radius 3 is 2.04 bits per heavy atom. The first-order valence-electron chi connectivity index (χ1n) is 7.43. The molecule has 0 bridgehead atoms. The quantitative estimate of drug-likeness (QED) is 0.404. The molecule has 0 radical (unpaired) electrons. The van der Waals surface area contributed by atoms with E-state index in [1.54, 1.807) is 18.2 Å². The van der Waals surface area contributed by atoms with Crippen LogP contribution in [0.2, 0.25) is 0 Å². The SMILES string of the molecule is CC(C)(NP(=O)(Oc1ccccc1)Oc1ccc([N+](=O)[O-])cc1)C(=O)O. The molecule has 0 aliphatic rings. The van der Waals surface area contributed by atoms with Crippen LogP contribution in [-0.2, 0) is 9.36 Å². The smallest absolute Gasteiger partial charge is 0.480 e. The van der Waals surface area contributed by atoms with E-state index in [-0.39, 0.29) is 17.2 Å². The summed E-state index contributed by atoms with van der Waals surface area (Å²) in [6.45, 7) is 2.60. The summed E-state index contributed by atoms with van der Waals surface area (Å²) < 4.78 is 23.9. The fraction of sp³-hybridized carbons (Fsp3) is 0.188. The van der Waals surface area contributed by atoms with E-state index in [0.29, 0.717) is 0 Å². The Balaban J connectivity index is 2.31. The lowest BCUT2D eigenvalue weighted by Crippen LogP contribution is -2.46. The Bertz CT molecular complexity index is 837. The topological polar surface area (TPSA) is 128 Å². The lowest BCUT2D eigenvalue weighted by molar-refractivity contribution is -0.384. The van der Waals surface area contributed by atoms with Crippen molar-refractivity contribution < 1.29 is 28.4 Å². The number of nitro groups is 1. The molecule has 0 spiro atoms. The van der Waals surface area contributed by atoms with Crippen molar-refractivity contribution in [3.05, 3.63) is 64.7 Å². The number of rotatable bonds is 8. The zero-order valence-electron chi connectivity index (χ0n) is 14.0. The Hall–Kier alpha value is -2.90. The molecule has 2 N–H and O–H groups in total. The average Bonchev–Trinajstić information content (AvgIpc) is 2.55. The highest BCUT2D eigenvalue weighted by atomic mass is 31.2. The van der Waals surface area contributed by atoms with Crippen molar-refractivity contribution in [3.8, 4) is 11.5 Å². The summed E-state index contributed by atoms with van der Waals surface area (Å²) in [5.41, 5.74) is -1.79. The zero-order chi connectivity index (χ0) is 19.4.